The molecule has 7 heteroatoms. The lowest BCUT2D eigenvalue weighted by Gasteiger charge is -2.25. The van der Waals surface area contributed by atoms with Crippen molar-refractivity contribution in [3.8, 4) is 11.5 Å². The maximum absolute atomic E-state index is 12.5. The number of sulfonamides is 1. The van der Waals surface area contributed by atoms with Crippen LogP contribution in [0.2, 0.25) is 0 Å². The molecule has 1 atom stereocenters. The van der Waals surface area contributed by atoms with Gasteiger partial charge < -0.3 is 14.4 Å². The molecule has 6 nitrogen and oxygen atoms in total. The Balaban J connectivity index is 1.77. The average Bonchev–Trinajstić information content (AvgIpc) is 3.02. The third-order valence-corrected chi connectivity index (χ3v) is 5.64. The average molecular weight is 362 g/mol. The Morgan fingerprint density at radius 1 is 1.08 bits per heavy atom. The fourth-order valence-electron chi connectivity index (χ4n) is 2.71. The lowest BCUT2D eigenvalue weighted by atomic mass is 10.1. The molecule has 1 heterocycles. The van der Waals surface area contributed by atoms with Crippen LogP contribution in [-0.4, -0.2) is 40.8 Å². The van der Waals surface area contributed by atoms with Crippen molar-refractivity contribution in [2.24, 2.45) is 0 Å². The number of rotatable bonds is 6. The number of aryl methyl sites for hydroxylation is 1. The SMILES string of the molecule is Cc1ccc(S(=O)(=O)NCC(c2ccc3c(c2)OCO3)N(C)C)cc1. The van der Waals surface area contributed by atoms with Gasteiger partial charge in [0.25, 0.3) is 0 Å². The van der Waals surface area contributed by atoms with Crippen molar-refractivity contribution in [3.05, 3.63) is 53.6 Å². The topological polar surface area (TPSA) is 67.9 Å². The molecule has 0 saturated heterocycles. The zero-order valence-electron chi connectivity index (χ0n) is 14.5. The Morgan fingerprint density at radius 2 is 1.76 bits per heavy atom. The van der Waals surface area contributed by atoms with Gasteiger partial charge in [-0.1, -0.05) is 23.8 Å². The van der Waals surface area contributed by atoms with E-state index in [2.05, 4.69) is 4.72 Å². The van der Waals surface area contributed by atoms with Gasteiger partial charge in [0.15, 0.2) is 11.5 Å². The van der Waals surface area contributed by atoms with Crippen LogP contribution in [-0.2, 0) is 10.0 Å². The van der Waals surface area contributed by atoms with Gasteiger partial charge in [-0.3, -0.25) is 0 Å². The number of hydrogen-bond donors (Lipinski definition) is 1. The van der Waals surface area contributed by atoms with Gasteiger partial charge in [0.2, 0.25) is 16.8 Å². The molecule has 0 amide bonds. The summed E-state index contributed by atoms with van der Waals surface area (Å²) in [4.78, 5) is 2.23. The summed E-state index contributed by atoms with van der Waals surface area (Å²) >= 11 is 0. The molecule has 0 saturated carbocycles. The zero-order valence-corrected chi connectivity index (χ0v) is 15.3. The standard InChI is InChI=1S/C18H22N2O4S/c1-13-4-7-15(8-5-13)25(21,22)19-11-16(20(2)3)14-6-9-17-18(10-14)24-12-23-17/h4-10,16,19H,11-12H2,1-3H3. The van der Waals surface area contributed by atoms with E-state index >= 15 is 0 Å². The summed E-state index contributed by atoms with van der Waals surface area (Å²) in [6, 6.07) is 12.3. The Kier molecular flexibility index (Phi) is 4.99. The quantitative estimate of drug-likeness (QED) is 0.854. The van der Waals surface area contributed by atoms with E-state index in [1.807, 2.05) is 44.1 Å². The monoisotopic (exact) mass is 362 g/mol. The van der Waals surface area contributed by atoms with Crippen LogP contribution in [0.1, 0.15) is 17.2 Å². The highest BCUT2D eigenvalue weighted by molar-refractivity contribution is 7.89. The molecule has 1 aliphatic heterocycles. The summed E-state index contributed by atoms with van der Waals surface area (Å²) in [5.41, 5.74) is 1.98. The minimum Gasteiger partial charge on any atom is -0.454 e. The largest absolute Gasteiger partial charge is 0.454 e. The summed E-state index contributed by atoms with van der Waals surface area (Å²) in [7, 11) is 0.267. The molecular formula is C18H22N2O4S. The highest BCUT2D eigenvalue weighted by Crippen LogP contribution is 2.35. The normalized spacial score (nSPS) is 14.7. The van der Waals surface area contributed by atoms with Gasteiger partial charge in [0.05, 0.1) is 4.90 Å². The fraction of sp³-hybridized carbons (Fsp3) is 0.333. The summed E-state index contributed by atoms with van der Waals surface area (Å²) in [6.07, 6.45) is 0. The van der Waals surface area contributed by atoms with Crippen LogP contribution in [0, 0.1) is 6.92 Å². The lowest BCUT2D eigenvalue weighted by molar-refractivity contribution is 0.174. The number of ether oxygens (including phenoxy) is 2. The van der Waals surface area contributed by atoms with Gasteiger partial charge in [-0.25, -0.2) is 13.1 Å². The third kappa shape index (κ3) is 3.95. The van der Waals surface area contributed by atoms with E-state index in [-0.39, 0.29) is 24.3 Å². The van der Waals surface area contributed by atoms with Gasteiger partial charge in [0, 0.05) is 12.6 Å². The van der Waals surface area contributed by atoms with E-state index in [0.717, 1.165) is 11.1 Å². The van der Waals surface area contributed by atoms with E-state index < -0.39 is 10.0 Å². The minimum atomic E-state index is -3.56. The van der Waals surface area contributed by atoms with Crippen molar-refractivity contribution in [2.45, 2.75) is 17.9 Å². The first-order valence-corrected chi connectivity index (χ1v) is 9.47. The maximum Gasteiger partial charge on any atom is 0.240 e. The molecule has 3 rings (SSSR count). The van der Waals surface area contributed by atoms with Crippen LogP contribution in [0.4, 0.5) is 0 Å². The van der Waals surface area contributed by atoms with Crippen molar-refractivity contribution < 1.29 is 17.9 Å². The molecule has 0 fully saturated rings. The number of nitrogens with zero attached hydrogens (tertiary/aromatic N) is 1. The van der Waals surface area contributed by atoms with Crippen molar-refractivity contribution in [2.75, 3.05) is 27.4 Å². The molecule has 2 aromatic rings. The van der Waals surface area contributed by atoms with Crippen LogP contribution in [0.15, 0.2) is 47.4 Å². The van der Waals surface area contributed by atoms with Crippen LogP contribution in [0.5, 0.6) is 11.5 Å². The van der Waals surface area contributed by atoms with E-state index in [9.17, 15) is 8.42 Å². The molecule has 134 valence electrons. The third-order valence-electron chi connectivity index (χ3n) is 4.20. The van der Waals surface area contributed by atoms with E-state index in [1.54, 1.807) is 24.3 Å². The Hall–Kier alpha value is -2.09. The summed E-state index contributed by atoms with van der Waals surface area (Å²) in [5.74, 6) is 1.40. The van der Waals surface area contributed by atoms with E-state index in [1.165, 1.54) is 0 Å². The van der Waals surface area contributed by atoms with Crippen molar-refractivity contribution in [1.29, 1.82) is 0 Å². The predicted octanol–water partition coefficient (Wildman–Crippen LogP) is 2.30. The van der Waals surface area contributed by atoms with Gasteiger partial charge in [0.1, 0.15) is 0 Å². The second kappa shape index (κ2) is 7.03. The number of benzene rings is 2. The molecule has 0 radical (unpaired) electrons. The van der Waals surface area contributed by atoms with Crippen LogP contribution in [0.25, 0.3) is 0 Å². The maximum atomic E-state index is 12.5. The van der Waals surface area contributed by atoms with Crippen LogP contribution < -0.4 is 14.2 Å². The van der Waals surface area contributed by atoms with Gasteiger partial charge in [-0.05, 0) is 50.8 Å². The molecule has 1 unspecified atom stereocenters. The number of nitrogens with one attached hydrogen (secondary N) is 1. The highest BCUT2D eigenvalue weighted by atomic mass is 32.2. The molecule has 2 aromatic carbocycles. The smallest absolute Gasteiger partial charge is 0.240 e. The number of likely N-dealkylation sites (N-methyl/N-ethyl adjacent to an activating group) is 1. The summed E-state index contributed by atoms with van der Waals surface area (Å²) < 4.78 is 38.5. The second-order valence-corrected chi connectivity index (χ2v) is 8.02. The molecule has 0 spiro atoms. The number of fused-ring (bicyclic) bond motifs is 1. The molecule has 0 aliphatic carbocycles. The first-order chi connectivity index (χ1) is 11.9. The van der Waals surface area contributed by atoms with E-state index in [4.69, 9.17) is 9.47 Å². The molecule has 1 aliphatic rings. The fourth-order valence-corrected chi connectivity index (χ4v) is 3.75. The van der Waals surface area contributed by atoms with Crippen LogP contribution >= 0.6 is 0 Å². The molecule has 0 aromatic heterocycles. The Labute approximate surface area is 148 Å². The Morgan fingerprint density at radius 3 is 2.44 bits per heavy atom. The minimum absolute atomic E-state index is 0.130. The predicted molar refractivity (Wildman–Crippen MR) is 95.4 cm³/mol. The van der Waals surface area contributed by atoms with Crippen molar-refractivity contribution in [1.82, 2.24) is 9.62 Å². The van der Waals surface area contributed by atoms with Crippen molar-refractivity contribution in [3.63, 3.8) is 0 Å². The number of hydrogen-bond acceptors (Lipinski definition) is 5. The zero-order chi connectivity index (χ0) is 18.0. The van der Waals surface area contributed by atoms with Crippen LogP contribution in [0.3, 0.4) is 0 Å². The van der Waals surface area contributed by atoms with Gasteiger partial charge in [-0.2, -0.15) is 0 Å². The summed E-state index contributed by atoms with van der Waals surface area (Å²) in [6.45, 7) is 2.39. The first kappa shape index (κ1) is 17.7. The van der Waals surface area contributed by atoms with E-state index in [0.29, 0.717) is 11.5 Å². The molecule has 1 N–H and O–H groups in total. The molecule has 25 heavy (non-hydrogen) atoms. The summed E-state index contributed by atoms with van der Waals surface area (Å²) in [5, 5.41) is 0. The molecular weight excluding hydrogens is 340 g/mol. The Bertz CT molecular complexity index is 848. The lowest BCUT2D eigenvalue weighted by Crippen LogP contribution is -2.34. The molecule has 0 bridgehead atoms. The second-order valence-electron chi connectivity index (χ2n) is 6.26. The van der Waals surface area contributed by atoms with Gasteiger partial charge in [-0.15, -0.1) is 0 Å². The van der Waals surface area contributed by atoms with Crippen molar-refractivity contribution >= 4 is 10.0 Å². The highest BCUT2D eigenvalue weighted by Gasteiger charge is 2.22. The first-order valence-electron chi connectivity index (χ1n) is 7.99. The van der Waals surface area contributed by atoms with Gasteiger partial charge >= 0.3 is 0 Å².